The molecule has 0 aliphatic rings. The molecule has 0 N–H and O–H groups in total. The zero-order chi connectivity index (χ0) is 12.8. The molecular weight excluding hydrogens is 222 g/mol. The van der Waals surface area contributed by atoms with Gasteiger partial charge < -0.3 is 4.74 Å². The van der Waals surface area contributed by atoms with Crippen LogP contribution in [0.5, 0.6) is 5.75 Å². The van der Waals surface area contributed by atoms with Crippen LogP contribution < -0.4 is 4.74 Å². The number of aliphatic imine (C=N–C) groups is 1. The number of ether oxygens (including phenoxy) is 1. The van der Waals surface area contributed by atoms with Gasteiger partial charge in [-0.3, -0.25) is 4.99 Å². The molecule has 18 heavy (non-hydrogen) atoms. The third-order valence-corrected chi connectivity index (χ3v) is 2.86. The lowest BCUT2D eigenvalue weighted by molar-refractivity contribution is 0.414. The van der Waals surface area contributed by atoms with Gasteiger partial charge in [-0.25, -0.2) is 0 Å². The number of rotatable bonds is 4. The Morgan fingerprint density at radius 1 is 1.00 bits per heavy atom. The van der Waals surface area contributed by atoms with E-state index in [1.165, 1.54) is 5.56 Å². The van der Waals surface area contributed by atoms with E-state index in [9.17, 15) is 0 Å². The monoisotopic (exact) mass is 239 g/mol. The fourth-order valence-corrected chi connectivity index (χ4v) is 1.78. The third-order valence-electron chi connectivity index (χ3n) is 2.86. The van der Waals surface area contributed by atoms with Crippen LogP contribution in [0.25, 0.3) is 0 Å². The number of benzene rings is 2. The van der Waals surface area contributed by atoms with E-state index < -0.39 is 0 Å². The molecule has 0 aromatic heterocycles. The van der Waals surface area contributed by atoms with Crippen molar-refractivity contribution in [1.29, 1.82) is 0 Å². The van der Waals surface area contributed by atoms with Crippen molar-refractivity contribution in [2.24, 2.45) is 4.99 Å². The molecule has 0 bridgehead atoms. The van der Waals surface area contributed by atoms with Crippen molar-refractivity contribution in [1.82, 2.24) is 0 Å². The summed E-state index contributed by atoms with van der Waals surface area (Å²) < 4.78 is 5.29. The van der Waals surface area contributed by atoms with Gasteiger partial charge in [0.2, 0.25) is 0 Å². The molecule has 0 saturated carbocycles. The van der Waals surface area contributed by atoms with Crippen LogP contribution in [0, 0.1) is 0 Å². The van der Waals surface area contributed by atoms with Gasteiger partial charge in [0, 0.05) is 11.8 Å². The molecule has 1 unspecified atom stereocenters. The van der Waals surface area contributed by atoms with Gasteiger partial charge in [0.1, 0.15) is 5.75 Å². The van der Waals surface area contributed by atoms with Gasteiger partial charge in [0.15, 0.2) is 0 Å². The lowest BCUT2D eigenvalue weighted by Gasteiger charge is -2.07. The minimum atomic E-state index is 0.149. The molecule has 2 heteroatoms. The Hall–Kier alpha value is -2.09. The van der Waals surface area contributed by atoms with Gasteiger partial charge in [0.05, 0.1) is 13.2 Å². The predicted molar refractivity (Wildman–Crippen MR) is 75.4 cm³/mol. The van der Waals surface area contributed by atoms with Gasteiger partial charge in [-0.1, -0.05) is 42.5 Å². The van der Waals surface area contributed by atoms with Crippen LogP contribution in [0.4, 0.5) is 0 Å². The van der Waals surface area contributed by atoms with Gasteiger partial charge >= 0.3 is 0 Å². The lowest BCUT2D eigenvalue weighted by Crippen LogP contribution is -1.93. The second kappa shape index (κ2) is 6.01. The molecule has 0 radical (unpaired) electrons. The van der Waals surface area contributed by atoms with Crippen molar-refractivity contribution < 1.29 is 4.74 Å². The van der Waals surface area contributed by atoms with Crippen LogP contribution >= 0.6 is 0 Å². The Bertz CT molecular complexity index is 520. The predicted octanol–water partition coefficient (Wildman–Crippen LogP) is 3.88. The van der Waals surface area contributed by atoms with Crippen LogP contribution in [0.1, 0.15) is 24.1 Å². The summed E-state index contributed by atoms with van der Waals surface area (Å²) >= 11 is 0. The largest absolute Gasteiger partial charge is 0.496 e. The van der Waals surface area contributed by atoms with E-state index in [1.54, 1.807) is 7.11 Å². The highest BCUT2D eigenvalue weighted by Crippen LogP contribution is 2.18. The minimum absolute atomic E-state index is 0.149. The Kier molecular flexibility index (Phi) is 4.13. The fourth-order valence-electron chi connectivity index (χ4n) is 1.78. The molecule has 0 saturated heterocycles. The van der Waals surface area contributed by atoms with Crippen LogP contribution in [0.15, 0.2) is 59.6 Å². The second-order valence-electron chi connectivity index (χ2n) is 4.11. The molecule has 1 atom stereocenters. The topological polar surface area (TPSA) is 21.6 Å². The average molecular weight is 239 g/mol. The van der Waals surface area contributed by atoms with Crippen LogP contribution in [0.3, 0.4) is 0 Å². The summed E-state index contributed by atoms with van der Waals surface area (Å²) in [7, 11) is 1.67. The molecule has 0 spiro atoms. The van der Waals surface area contributed by atoms with Gasteiger partial charge in [-0.05, 0) is 24.6 Å². The molecule has 0 aliphatic heterocycles. The number of hydrogen-bond donors (Lipinski definition) is 0. The summed E-state index contributed by atoms with van der Waals surface area (Å²) in [5.41, 5.74) is 2.21. The second-order valence-corrected chi connectivity index (χ2v) is 4.11. The van der Waals surface area contributed by atoms with E-state index >= 15 is 0 Å². The Labute approximate surface area is 108 Å². The highest BCUT2D eigenvalue weighted by atomic mass is 16.5. The first kappa shape index (κ1) is 12.4. The number of nitrogens with zero attached hydrogens (tertiary/aromatic N) is 1. The molecule has 0 aliphatic carbocycles. The number of methoxy groups -OCH3 is 1. The van der Waals surface area contributed by atoms with Crippen molar-refractivity contribution >= 4 is 6.21 Å². The van der Waals surface area contributed by atoms with Gasteiger partial charge in [0.25, 0.3) is 0 Å². The van der Waals surface area contributed by atoms with E-state index in [1.807, 2.05) is 48.7 Å². The van der Waals surface area contributed by atoms with E-state index in [-0.39, 0.29) is 6.04 Å². The first-order valence-corrected chi connectivity index (χ1v) is 6.02. The molecular formula is C16H17NO. The molecule has 2 aromatic carbocycles. The quantitative estimate of drug-likeness (QED) is 0.742. The Morgan fingerprint density at radius 3 is 2.39 bits per heavy atom. The highest BCUT2D eigenvalue weighted by molar-refractivity contribution is 5.83. The SMILES string of the molecule is COc1ccccc1C=NC(C)c1ccccc1. The van der Waals surface area contributed by atoms with Gasteiger partial charge in [-0.15, -0.1) is 0 Å². The van der Waals surface area contributed by atoms with E-state index in [2.05, 4.69) is 24.0 Å². The maximum atomic E-state index is 5.29. The summed E-state index contributed by atoms with van der Waals surface area (Å²) in [6.45, 7) is 2.08. The standard InChI is InChI=1S/C16H17NO/c1-13(14-8-4-3-5-9-14)17-12-15-10-6-7-11-16(15)18-2/h3-13H,1-2H3. The first-order chi connectivity index (χ1) is 8.81. The Balaban J connectivity index is 2.16. The molecule has 2 rings (SSSR count). The summed E-state index contributed by atoms with van der Waals surface area (Å²) in [5.74, 6) is 0.849. The zero-order valence-electron chi connectivity index (χ0n) is 10.7. The van der Waals surface area contributed by atoms with E-state index in [0.29, 0.717) is 0 Å². The van der Waals surface area contributed by atoms with E-state index in [4.69, 9.17) is 4.74 Å². The summed E-state index contributed by atoms with van der Waals surface area (Å²) in [5, 5.41) is 0. The first-order valence-electron chi connectivity index (χ1n) is 6.02. The van der Waals surface area contributed by atoms with Crippen molar-refractivity contribution in [3.8, 4) is 5.75 Å². The molecule has 0 amide bonds. The van der Waals surface area contributed by atoms with Crippen LogP contribution in [-0.2, 0) is 0 Å². The highest BCUT2D eigenvalue weighted by Gasteiger charge is 2.02. The van der Waals surface area contributed by atoms with Crippen LogP contribution in [0.2, 0.25) is 0 Å². The molecule has 2 aromatic rings. The maximum Gasteiger partial charge on any atom is 0.127 e. The summed E-state index contributed by atoms with van der Waals surface area (Å²) in [6, 6.07) is 18.3. The molecule has 2 nitrogen and oxygen atoms in total. The van der Waals surface area contributed by atoms with Crippen molar-refractivity contribution in [2.45, 2.75) is 13.0 Å². The maximum absolute atomic E-state index is 5.29. The third kappa shape index (κ3) is 2.98. The lowest BCUT2D eigenvalue weighted by atomic mass is 10.1. The van der Waals surface area contributed by atoms with Gasteiger partial charge in [-0.2, -0.15) is 0 Å². The minimum Gasteiger partial charge on any atom is -0.496 e. The average Bonchev–Trinajstić information content (AvgIpc) is 2.46. The van der Waals surface area contributed by atoms with Crippen molar-refractivity contribution in [3.05, 3.63) is 65.7 Å². The number of para-hydroxylation sites is 1. The van der Waals surface area contributed by atoms with E-state index in [0.717, 1.165) is 11.3 Å². The fraction of sp³-hybridized carbons (Fsp3) is 0.188. The molecule has 92 valence electrons. The Morgan fingerprint density at radius 2 is 1.67 bits per heavy atom. The van der Waals surface area contributed by atoms with Crippen molar-refractivity contribution in [3.63, 3.8) is 0 Å². The zero-order valence-corrected chi connectivity index (χ0v) is 10.7. The molecule has 0 fully saturated rings. The van der Waals surface area contributed by atoms with Crippen molar-refractivity contribution in [2.75, 3.05) is 7.11 Å². The number of hydrogen-bond acceptors (Lipinski definition) is 2. The summed E-state index contributed by atoms with van der Waals surface area (Å²) in [4.78, 5) is 4.57. The normalized spacial score (nSPS) is 12.6. The molecule has 0 heterocycles. The van der Waals surface area contributed by atoms with Crippen LogP contribution in [-0.4, -0.2) is 13.3 Å². The smallest absolute Gasteiger partial charge is 0.127 e. The summed E-state index contributed by atoms with van der Waals surface area (Å²) in [6.07, 6.45) is 1.87.